The topological polar surface area (TPSA) is 37.6 Å². The number of rotatable bonds is 3. The molecule has 1 aromatic rings. The van der Waals surface area contributed by atoms with Gasteiger partial charge in [0.25, 0.3) is 0 Å². The molecule has 0 bridgehead atoms. The van der Waals surface area contributed by atoms with Crippen LogP contribution in [0.15, 0.2) is 40.5 Å². The first kappa shape index (κ1) is 10.3. The van der Waals surface area contributed by atoms with E-state index in [0.717, 1.165) is 11.4 Å². The zero-order valence-corrected chi connectivity index (χ0v) is 8.38. The van der Waals surface area contributed by atoms with E-state index >= 15 is 0 Å². The molecule has 0 amide bonds. The molecule has 0 unspecified atom stereocenters. The van der Waals surface area contributed by atoms with Crippen molar-refractivity contribution >= 4 is 18.1 Å². The highest BCUT2D eigenvalue weighted by atomic mass is 14.8. The van der Waals surface area contributed by atoms with Crippen LogP contribution in [0, 0.1) is 0 Å². The van der Waals surface area contributed by atoms with Gasteiger partial charge in [-0.3, -0.25) is 15.0 Å². The van der Waals surface area contributed by atoms with E-state index in [9.17, 15) is 0 Å². The molecule has 0 spiro atoms. The second kappa shape index (κ2) is 5.80. The molecule has 0 saturated heterocycles. The molecule has 3 nitrogen and oxygen atoms in total. The summed E-state index contributed by atoms with van der Waals surface area (Å²) >= 11 is 0. The van der Waals surface area contributed by atoms with Crippen LogP contribution in [0.1, 0.15) is 12.6 Å². The Labute approximate surface area is 83.9 Å². The van der Waals surface area contributed by atoms with Crippen LogP contribution in [0.25, 0.3) is 5.70 Å². The number of aliphatic imine (C=N–C) groups is 2. The van der Waals surface area contributed by atoms with E-state index in [-0.39, 0.29) is 0 Å². The first-order valence-electron chi connectivity index (χ1n) is 4.41. The third-order valence-electron chi connectivity index (χ3n) is 1.58. The zero-order chi connectivity index (χ0) is 10.2. The van der Waals surface area contributed by atoms with Gasteiger partial charge in [0.05, 0.1) is 11.4 Å². The minimum absolute atomic E-state index is 0.818. The maximum absolute atomic E-state index is 4.21. The summed E-state index contributed by atoms with van der Waals surface area (Å²) in [6.07, 6.45) is 7.03. The quantitative estimate of drug-likeness (QED) is 0.668. The highest BCUT2D eigenvalue weighted by molar-refractivity contribution is 5.85. The highest BCUT2D eigenvalue weighted by Crippen LogP contribution is 2.10. The highest BCUT2D eigenvalue weighted by Gasteiger charge is 1.97. The third-order valence-corrected chi connectivity index (χ3v) is 1.58. The van der Waals surface area contributed by atoms with Gasteiger partial charge in [-0.2, -0.15) is 0 Å². The Hall–Kier alpha value is -1.77. The second-order valence-electron chi connectivity index (χ2n) is 2.56. The molecule has 1 rings (SSSR count). The van der Waals surface area contributed by atoms with E-state index in [1.165, 1.54) is 0 Å². The van der Waals surface area contributed by atoms with Gasteiger partial charge in [-0.1, -0.05) is 6.07 Å². The van der Waals surface area contributed by atoms with Crippen LogP contribution in [0.4, 0.5) is 0 Å². The summed E-state index contributed by atoms with van der Waals surface area (Å²) in [7, 11) is 1.72. The average molecular weight is 187 g/mol. The Morgan fingerprint density at radius 1 is 1.43 bits per heavy atom. The maximum atomic E-state index is 4.21. The number of allylic oxidation sites excluding steroid dienone is 1. The summed E-state index contributed by atoms with van der Waals surface area (Å²) in [5, 5.41) is 0. The van der Waals surface area contributed by atoms with E-state index in [2.05, 4.69) is 15.0 Å². The molecule has 0 atom stereocenters. The lowest BCUT2D eigenvalue weighted by Gasteiger charge is -1.98. The molecule has 0 saturated carbocycles. The Balaban J connectivity index is 3.00. The summed E-state index contributed by atoms with van der Waals surface area (Å²) in [5.74, 6) is 0. The van der Waals surface area contributed by atoms with Crippen molar-refractivity contribution in [1.82, 2.24) is 4.98 Å². The molecule has 72 valence electrons. The van der Waals surface area contributed by atoms with E-state index in [1.54, 1.807) is 25.7 Å². The van der Waals surface area contributed by atoms with Crippen LogP contribution in [-0.4, -0.2) is 24.5 Å². The Morgan fingerprint density at radius 2 is 2.29 bits per heavy atom. The first-order chi connectivity index (χ1) is 6.88. The summed E-state index contributed by atoms with van der Waals surface area (Å²) in [5.41, 5.74) is 1.67. The van der Waals surface area contributed by atoms with Crippen LogP contribution in [0.2, 0.25) is 0 Å². The van der Waals surface area contributed by atoms with E-state index < -0.39 is 0 Å². The minimum Gasteiger partial charge on any atom is -0.296 e. The lowest BCUT2D eigenvalue weighted by atomic mass is 10.2. The molecule has 0 N–H and O–H groups in total. The van der Waals surface area contributed by atoms with Crippen LogP contribution in [0.5, 0.6) is 0 Å². The van der Waals surface area contributed by atoms with Gasteiger partial charge >= 0.3 is 0 Å². The summed E-state index contributed by atoms with van der Waals surface area (Å²) in [4.78, 5) is 12.3. The lowest BCUT2D eigenvalue weighted by molar-refractivity contribution is 1.26. The van der Waals surface area contributed by atoms with Gasteiger partial charge in [0.15, 0.2) is 0 Å². The zero-order valence-electron chi connectivity index (χ0n) is 8.38. The number of aromatic nitrogens is 1. The molecule has 1 heterocycles. The largest absolute Gasteiger partial charge is 0.296 e. The van der Waals surface area contributed by atoms with Crippen molar-refractivity contribution in [2.45, 2.75) is 6.92 Å². The van der Waals surface area contributed by atoms with Gasteiger partial charge in [-0.25, -0.2) is 0 Å². The van der Waals surface area contributed by atoms with Crippen molar-refractivity contribution in [3.05, 3.63) is 36.2 Å². The summed E-state index contributed by atoms with van der Waals surface area (Å²) in [6.45, 7) is 1.87. The van der Waals surface area contributed by atoms with Gasteiger partial charge in [0.1, 0.15) is 0 Å². The maximum Gasteiger partial charge on any atom is 0.0897 e. The Kier molecular flexibility index (Phi) is 4.27. The molecular formula is C11H13N3. The number of hydrogen-bond acceptors (Lipinski definition) is 3. The summed E-state index contributed by atoms with van der Waals surface area (Å²) < 4.78 is 0. The fourth-order valence-electron chi connectivity index (χ4n) is 0.993. The van der Waals surface area contributed by atoms with Crippen molar-refractivity contribution in [1.29, 1.82) is 0 Å². The molecular weight excluding hydrogens is 174 g/mol. The monoisotopic (exact) mass is 187 g/mol. The number of pyridine rings is 1. The van der Waals surface area contributed by atoms with Crippen LogP contribution in [-0.2, 0) is 0 Å². The molecule has 0 aromatic carbocycles. The fourth-order valence-corrected chi connectivity index (χ4v) is 0.993. The predicted octanol–water partition coefficient (Wildman–Crippen LogP) is 2.21. The standard InChI is InChI=1S/C11H13N3/c1-3-13-11(7-9-12-2)10-6-4-5-8-14-10/h3-9H,1-2H3/b11-7-,12-9?,13-3?. The predicted molar refractivity (Wildman–Crippen MR) is 60.8 cm³/mol. The van der Waals surface area contributed by atoms with Crippen molar-refractivity contribution in [2.75, 3.05) is 7.05 Å². The van der Waals surface area contributed by atoms with Crippen LogP contribution in [0.3, 0.4) is 0 Å². The normalized spacial score (nSPS) is 12.9. The number of hydrogen-bond donors (Lipinski definition) is 0. The van der Waals surface area contributed by atoms with E-state index in [4.69, 9.17) is 0 Å². The molecule has 0 fully saturated rings. The molecule has 0 aliphatic heterocycles. The summed E-state index contributed by atoms with van der Waals surface area (Å²) in [6, 6.07) is 5.73. The van der Waals surface area contributed by atoms with Crippen molar-refractivity contribution < 1.29 is 0 Å². The molecule has 0 aliphatic carbocycles. The Bertz CT molecular complexity index is 350. The molecule has 14 heavy (non-hydrogen) atoms. The average Bonchev–Trinajstić information content (AvgIpc) is 2.25. The van der Waals surface area contributed by atoms with Crippen molar-refractivity contribution in [3.8, 4) is 0 Å². The lowest BCUT2D eigenvalue weighted by Crippen LogP contribution is -1.86. The van der Waals surface area contributed by atoms with Crippen LogP contribution < -0.4 is 0 Å². The van der Waals surface area contributed by atoms with Gasteiger partial charge < -0.3 is 0 Å². The van der Waals surface area contributed by atoms with Gasteiger partial charge in [0.2, 0.25) is 0 Å². The fraction of sp³-hybridized carbons (Fsp3) is 0.182. The van der Waals surface area contributed by atoms with Gasteiger partial charge in [-0.05, 0) is 25.1 Å². The second-order valence-corrected chi connectivity index (χ2v) is 2.56. The number of nitrogens with zero attached hydrogens (tertiary/aromatic N) is 3. The minimum atomic E-state index is 0.818. The molecule has 0 radical (unpaired) electrons. The Morgan fingerprint density at radius 3 is 2.86 bits per heavy atom. The smallest absolute Gasteiger partial charge is 0.0897 e. The van der Waals surface area contributed by atoms with E-state index in [1.807, 2.05) is 31.2 Å². The SMILES string of the molecule is CC=N/C(=C\C=NC)c1ccccn1. The van der Waals surface area contributed by atoms with Gasteiger partial charge in [-0.15, -0.1) is 0 Å². The third kappa shape index (κ3) is 2.94. The van der Waals surface area contributed by atoms with Gasteiger partial charge in [0, 0.05) is 25.7 Å². The van der Waals surface area contributed by atoms with E-state index in [0.29, 0.717) is 0 Å². The molecule has 3 heteroatoms. The molecule has 0 aliphatic rings. The first-order valence-corrected chi connectivity index (χ1v) is 4.41. The van der Waals surface area contributed by atoms with Crippen molar-refractivity contribution in [3.63, 3.8) is 0 Å². The molecule has 1 aromatic heterocycles. The van der Waals surface area contributed by atoms with Crippen molar-refractivity contribution in [2.24, 2.45) is 9.98 Å². The van der Waals surface area contributed by atoms with Crippen LogP contribution >= 0.6 is 0 Å².